The number of hydrogen-bond acceptors (Lipinski definition) is 5. The van der Waals surface area contributed by atoms with E-state index < -0.39 is 5.60 Å². The van der Waals surface area contributed by atoms with Crippen LogP contribution in [0.4, 0.5) is 0 Å². The van der Waals surface area contributed by atoms with Crippen molar-refractivity contribution in [1.82, 2.24) is 10.1 Å². The molecule has 0 radical (unpaired) electrons. The third kappa shape index (κ3) is 2.41. The quantitative estimate of drug-likeness (QED) is 0.815. The van der Waals surface area contributed by atoms with Crippen molar-refractivity contribution in [3.05, 3.63) is 11.7 Å². The van der Waals surface area contributed by atoms with Crippen LogP contribution in [0.1, 0.15) is 38.4 Å². The molecule has 1 unspecified atom stereocenters. The summed E-state index contributed by atoms with van der Waals surface area (Å²) in [6.07, 6.45) is 3.12. The first-order valence-electron chi connectivity index (χ1n) is 5.66. The second-order valence-electron chi connectivity index (χ2n) is 4.93. The van der Waals surface area contributed by atoms with Crippen molar-refractivity contribution < 1.29 is 9.26 Å². The van der Waals surface area contributed by atoms with Gasteiger partial charge < -0.3 is 15.0 Å². The van der Waals surface area contributed by atoms with Crippen molar-refractivity contribution in [2.45, 2.75) is 44.8 Å². The summed E-state index contributed by atoms with van der Waals surface area (Å²) >= 11 is 0. The Morgan fingerprint density at radius 1 is 1.56 bits per heavy atom. The van der Waals surface area contributed by atoms with E-state index in [1.165, 1.54) is 12.8 Å². The fraction of sp³-hybridized carbons (Fsp3) is 0.818. The van der Waals surface area contributed by atoms with Gasteiger partial charge in [0.2, 0.25) is 11.7 Å². The Labute approximate surface area is 95.3 Å². The molecule has 0 bridgehead atoms. The van der Waals surface area contributed by atoms with E-state index in [2.05, 4.69) is 10.1 Å². The summed E-state index contributed by atoms with van der Waals surface area (Å²) in [5, 5.41) is 3.92. The lowest BCUT2D eigenvalue weighted by atomic mass is 10.1. The normalized spacial score (nSPS) is 18.8. The molecular weight excluding hydrogens is 206 g/mol. The molecule has 1 aliphatic carbocycles. The molecule has 1 saturated carbocycles. The van der Waals surface area contributed by atoms with Gasteiger partial charge in [-0.15, -0.1) is 0 Å². The second kappa shape index (κ2) is 4.14. The number of nitrogens with two attached hydrogens (primary N) is 1. The molecule has 1 heterocycles. The van der Waals surface area contributed by atoms with E-state index in [0.717, 1.165) is 0 Å². The average Bonchev–Trinajstić information content (AvgIpc) is 2.99. The van der Waals surface area contributed by atoms with Gasteiger partial charge in [-0.1, -0.05) is 5.16 Å². The maximum atomic E-state index is 6.00. The van der Waals surface area contributed by atoms with Crippen LogP contribution < -0.4 is 5.73 Å². The first kappa shape index (κ1) is 11.5. The zero-order valence-electron chi connectivity index (χ0n) is 10.1. The SMILES string of the molecule is COC(C)(C)c1noc(CC(N)C2CC2)n1. The molecule has 5 heteroatoms. The molecule has 1 aromatic rings. The summed E-state index contributed by atoms with van der Waals surface area (Å²) < 4.78 is 10.5. The predicted octanol–water partition coefficient (Wildman–Crippen LogP) is 1.23. The average molecular weight is 225 g/mol. The first-order chi connectivity index (χ1) is 7.53. The van der Waals surface area contributed by atoms with Gasteiger partial charge in [0.1, 0.15) is 5.60 Å². The van der Waals surface area contributed by atoms with Crippen LogP contribution in [0.3, 0.4) is 0 Å². The summed E-state index contributed by atoms with van der Waals surface area (Å²) in [6, 6.07) is 0.152. The third-order valence-corrected chi connectivity index (χ3v) is 3.15. The number of ether oxygens (including phenoxy) is 1. The Balaban J connectivity index is 2.01. The predicted molar refractivity (Wildman–Crippen MR) is 58.7 cm³/mol. The molecule has 2 N–H and O–H groups in total. The van der Waals surface area contributed by atoms with Gasteiger partial charge in [0, 0.05) is 19.6 Å². The van der Waals surface area contributed by atoms with Crippen LogP contribution >= 0.6 is 0 Å². The highest BCUT2D eigenvalue weighted by molar-refractivity contribution is 4.99. The minimum atomic E-state index is -0.509. The zero-order chi connectivity index (χ0) is 11.8. The molecule has 0 spiro atoms. The number of nitrogens with zero attached hydrogens (tertiary/aromatic N) is 2. The number of hydrogen-bond donors (Lipinski definition) is 1. The summed E-state index contributed by atoms with van der Waals surface area (Å²) in [5.41, 5.74) is 5.49. The van der Waals surface area contributed by atoms with Gasteiger partial charge in [0.25, 0.3) is 0 Å². The van der Waals surface area contributed by atoms with Crippen LogP contribution in [0, 0.1) is 5.92 Å². The van der Waals surface area contributed by atoms with Crippen molar-refractivity contribution in [3.63, 3.8) is 0 Å². The van der Waals surface area contributed by atoms with Crippen molar-refractivity contribution in [1.29, 1.82) is 0 Å². The highest BCUT2D eigenvalue weighted by Crippen LogP contribution is 2.32. The van der Waals surface area contributed by atoms with Gasteiger partial charge in [-0.3, -0.25) is 0 Å². The smallest absolute Gasteiger partial charge is 0.228 e. The lowest BCUT2D eigenvalue weighted by Crippen LogP contribution is -2.25. The monoisotopic (exact) mass is 225 g/mol. The first-order valence-corrected chi connectivity index (χ1v) is 5.66. The molecule has 5 nitrogen and oxygen atoms in total. The lowest BCUT2D eigenvalue weighted by molar-refractivity contribution is 0.00973. The van der Waals surface area contributed by atoms with Crippen molar-refractivity contribution in [2.24, 2.45) is 11.7 Å². The van der Waals surface area contributed by atoms with E-state index in [1.807, 2.05) is 13.8 Å². The van der Waals surface area contributed by atoms with E-state index in [9.17, 15) is 0 Å². The zero-order valence-corrected chi connectivity index (χ0v) is 10.1. The largest absolute Gasteiger partial charge is 0.371 e. The Bertz CT molecular complexity index is 358. The molecule has 0 saturated heterocycles. The fourth-order valence-electron chi connectivity index (χ4n) is 1.57. The molecule has 0 aromatic carbocycles. The Morgan fingerprint density at radius 3 is 2.81 bits per heavy atom. The van der Waals surface area contributed by atoms with Crippen LogP contribution in [0.2, 0.25) is 0 Å². The van der Waals surface area contributed by atoms with E-state index >= 15 is 0 Å². The molecule has 16 heavy (non-hydrogen) atoms. The summed E-state index contributed by atoms with van der Waals surface area (Å²) in [5.74, 6) is 1.83. The van der Waals surface area contributed by atoms with E-state index in [4.69, 9.17) is 15.0 Å². The Kier molecular flexibility index (Phi) is 2.99. The van der Waals surface area contributed by atoms with Crippen LogP contribution in [-0.2, 0) is 16.8 Å². The van der Waals surface area contributed by atoms with Gasteiger partial charge in [0.15, 0.2) is 0 Å². The van der Waals surface area contributed by atoms with Gasteiger partial charge >= 0.3 is 0 Å². The molecule has 1 fully saturated rings. The standard InChI is InChI=1S/C11H19N3O2/c1-11(2,15-3)10-13-9(16-14-10)6-8(12)7-4-5-7/h7-8H,4-6,12H2,1-3H3. The van der Waals surface area contributed by atoms with Crippen molar-refractivity contribution in [3.8, 4) is 0 Å². The van der Waals surface area contributed by atoms with Gasteiger partial charge in [-0.25, -0.2) is 0 Å². The second-order valence-corrected chi connectivity index (χ2v) is 4.93. The highest BCUT2D eigenvalue weighted by atomic mass is 16.5. The molecular formula is C11H19N3O2. The molecule has 1 aromatic heterocycles. The number of rotatable bonds is 5. The highest BCUT2D eigenvalue weighted by Gasteiger charge is 2.31. The molecule has 0 amide bonds. The maximum Gasteiger partial charge on any atom is 0.228 e. The van der Waals surface area contributed by atoms with Gasteiger partial charge in [-0.2, -0.15) is 4.98 Å². The lowest BCUT2D eigenvalue weighted by Gasteiger charge is -2.17. The Morgan fingerprint density at radius 2 is 2.25 bits per heavy atom. The van der Waals surface area contributed by atoms with E-state index in [1.54, 1.807) is 7.11 Å². The van der Waals surface area contributed by atoms with Crippen molar-refractivity contribution >= 4 is 0 Å². The van der Waals surface area contributed by atoms with Crippen LogP contribution in [0.5, 0.6) is 0 Å². The maximum absolute atomic E-state index is 6.00. The minimum Gasteiger partial charge on any atom is -0.371 e. The third-order valence-electron chi connectivity index (χ3n) is 3.15. The van der Waals surface area contributed by atoms with Crippen LogP contribution in [0.15, 0.2) is 4.52 Å². The molecule has 90 valence electrons. The van der Waals surface area contributed by atoms with E-state index in [0.29, 0.717) is 24.1 Å². The molecule has 0 aliphatic heterocycles. The number of aromatic nitrogens is 2. The fourth-order valence-corrected chi connectivity index (χ4v) is 1.57. The van der Waals surface area contributed by atoms with Gasteiger partial charge in [-0.05, 0) is 32.6 Å². The van der Waals surface area contributed by atoms with E-state index in [-0.39, 0.29) is 6.04 Å². The van der Waals surface area contributed by atoms with Crippen LogP contribution in [-0.4, -0.2) is 23.3 Å². The van der Waals surface area contributed by atoms with Crippen molar-refractivity contribution in [2.75, 3.05) is 7.11 Å². The summed E-state index contributed by atoms with van der Waals surface area (Å²) in [7, 11) is 1.63. The number of methoxy groups -OCH3 is 1. The molecule has 1 atom stereocenters. The molecule has 2 rings (SSSR count). The molecule has 1 aliphatic rings. The summed E-state index contributed by atoms with van der Waals surface area (Å²) in [4.78, 5) is 4.32. The van der Waals surface area contributed by atoms with Gasteiger partial charge in [0.05, 0.1) is 0 Å². The summed E-state index contributed by atoms with van der Waals surface area (Å²) in [6.45, 7) is 3.81. The van der Waals surface area contributed by atoms with Crippen LogP contribution in [0.25, 0.3) is 0 Å². The topological polar surface area (TPSA) is 74.2 Å². The minimum absolute atomic E-state index is 0.152. The Hall–Kier alpha value is -0.940.